The molecule has 3 rings (SSSR count). The predicted molar refractivity (Wildman–Crippen MR) is 146 cm³/mol. The quantitative estimate of drug-likeness (QED) is 0.312. The van der Waals surface area contributed by atoms with Crippen LogP contribution in [0.5, 0.6) is 0 Å². The van der Waals surface area contributed by atoms with Crippen LogP contribution in [0.3, 0.4) is 0 Å². The van der Waals surface area contributed by atoms with Crippen LogP contribution < -0.4 is 31.9 Å². The first-order valence-electron chi connectivity index (χ1n) is 14.1. The van der Waals surface area contributed by atoms with E-state index in [4.69, 9.17) is 0 Å². The maximum absolute atomic E-state index is 3.36. The van der Waals surface area contributed by atoms with Crippen molar-refractivity contribution in [1.82, 2.24) is 31.9 Å². The Hall–Kier alpha value is -0.240. The smallest absolute Gasteiger partial charge is 0.00652 e. The molecule has 0 atom stereocenters. The summed E-state index contributed by atoms with van der Waals surface area (Å²) in [6.45, 7) is 2.39. The Balaban J connectivity index is 0.000000249. The molecule has 0 aromatic heterocycles. The largest absolute Gasteiger partial charge is 0.320 e. The van der Waals surface area contributed by atoms with E-state index in [-0.39, 0.29) is 0 Å². The summed E-state index contributed by atoms with van der Waals surface area (Å²) in [6, 6.07) is 3.16. The fourth-order valence-corrected chi connectivity index (χ4v) is 5.70. The van der Waals surface area contributed by atoms with Crippen molar-refractivity contribution < 1.29 is 0 Å². The molecule has 3 fully saturated rings. The van der Waals surface area contributed by atoms with Gasteiger partial charge in [-0.15, -0.1) is 0 Å². The molecule has 0 aromatic rings. The molecule has 0 saturated heterocycles. The van der Waals surface area contributed by atoms with Crippen LogP contribution in [0.2, 0.25) is 0 Å². The van der Waals surface area contributed by atoms with Gasteiger partial charge in [0.1, 0.15) is 0 Å². The molecule has 0 radical (unpaired) electrons. The van der Waals surface area contributed by atoms with Crippen LogP contribution in [0, 0.1) is 11.8 Å². The van der Waals surface area contributed by atoms with E-state index in [0.29, 0.717) is 0 Å². The van der Waals surface area contributed by atoms with E-state index in [1.165, 1.54) is 96.6 Å². The standard InChI is InChI=1S/C10H22N2.C9H20N2.C8H18N2/c1-11-8-7-9-3-5-10(12-2)6-4-9;1-10-7-8-3-5-9(11-2)6-4-8;1-9-7-3-5-8(10-2)6-4-7/h9-12H,3-8H2,1-2H3;8-11H,3-7H2,1-2H3;7-10H,3-6H2,1-2H3. The Morgan fingerprint density at radius 1 is 0.424 bits per heavy atom. The second-order valence-electron chi connectivity index (χ2n) is 10.6. The highest BCUT2D eigenvalue weighted by Gasteiger charge is 2.20. The summed E-state index contributed by atoms with van der Waals surface area (Å²) in [7, 11) is 12.4. The van der Waals surface area contributed by atoms with Crippen LogP contribution >= 0.6 is 0 Å². The molecule has 0 bridgehead atoms. The minimum absolute atomic E-state index is 0.782. The van der Waals surface area contributed by atoms with Crippen molar-refractivity contribution in [2.24, 2.45) is 11.8 Å². The van der Waals surface area contributed by atoms with Gasteiger partial charge < -0.3 is 31.9 Å². The summed E-state index contributed by atoms with van der Waals surface area (Å²) in [5, 5.41) is 19.8. The van der Waals surface area contributed by atoms with Crippen molar-refractivity contribution in [2.45, 2.75) is 108 Å². The third-order valence-electron chi connectivity index (χ3n) is 8.35. The zero-order chi connectivity index (χ0) is 24.3. The van der Waals surface area contributed by atoms with Crippen LogP contribution in [0.1, 0.15) is 83.5 Å². The van der Waals surface area contributed by atoms with Crippen molar-refractivity contribution in [2.75, 3.05) is 55.4 Å². The number of nitrogens with one attached hydrogen (secondary N) is 6. The van der Waals surface area contributed by atoms with Gasteiger partial charge in [-0.3, -0.25) is 0 Å². The summed E-state index contributed by atoms with van der Waals surface area (Å²) < 4.78 is 0. The third-order valence-corrected chi connectivity index (χ3v) is 8.35. The van der Waals surface area contributed by atoms with Gasteiger partial charge in [-0.05, 0) is 151 Å². The highest BCUT2D eigenvalue weighted by molar-refractivity contribution is 4.79. The maximum Gasteiger partial charge on any atom is 0.00652 e. The number of rotatable bonds is 9. The molecule has 3 aliphatic rings. The first-order chi connectivity index (χ1) is 16.1. The number of hydrogen-bond donors (Lipinski definition) is 6. The second kappa shape index (κ2) is 20.0. The highest BCUT2D eigenvalue weighted by Crippen LogP contribution is 2.26. The van der Waals surface area contributed by atoms with Gasteiger partial charge in [-0.25, -0.2) is 0 Å². The van der Waals surface area contributed by atoms with Gasteiger partial charge in [0.25, 0.3) is 0 Å². The van der Waals surface area contributed by atoms with Crippen LogP contribution in [0.4, 0.5) is 0 Å². The zero-order valence-electron chi connectivity index (χ0n) is 23.1. The topological polar surface area (TPSA) is 72.2 Å². The Labute approximate surface area is 207 Å². The van der Waals surface area contributed by atoms with Gasteiger partial charge in [0.2, 0.25) is 0 Å². The monoisotopic (exact) mass is 468 g/mol. The average molecular weight is 469 g/mol. The second-order valence-corrected chi connectivity index (χ2v) is 10.6. The summed E-state index contributed by atoms with van der Waals surface area (Å²) in [5.41, 5.74) is 0. The summed E-state index contributed by atoms with van der Waals surface area (Å²) in [6.07, 6.45) is 17.8. The molecule has 0 spiro atoms. The molecule has 6 nitrogen and oxygen atoms in total. The molecule has 6 heteroatoms. The first-order valence-corrected chi connectivity index (χ1v) is 14.1. The van der Waals surface area contributed by atoms with Gasteiger partial charge in [-0.2, -0.15) is 0 Å². The van der Waals surface area contributed by atoms with Crippen LogP contribution in [-0.2, 0) is 0 Å². The van der Waals surface area contributed by atoms with E-state index >= 15 is 0 Å². The van der Waals surface area contributed by atoms with Crippen LogP contribution in [-0.4, -0.2) is 79.5 Å². The van der Waals surface area contributed by atoms with Gasteiger partial charge in [-0.1, -0.05) is 0 Å². The third kappa shape index (κ3) is 14.0. The minimum Gasteiger partial charge on any atom is -0.320 e. The molecule has 33 heavy (non-hydrogen) atoms. The molecule has 0 amide bonds. The Morgan fingerprint density at radius 2 is 0.758 bits per heavy atom. The molecule has 0 aliphatic heterocycles. The van der Waals surface area contributed by atoms with Crippen molar-refractivity contribution in [3.63, 3.8) is 0 Å². The van der Waals surface area contributed by atoms with Gasteiger partial charge in [0.05, 0.1) is 0 Å². The van der Waals surface area contributed by atoms with E-state index in [0.717, 1.165) is 36.0 Å². The minimum atomic E-state index is 0.782. The summed E-state index contributed by atoms with van der Waals surface area (Å²) in [5.74, 6) is 1.92. The first kappa shape index (κ1) is 30.8. The van der Waals surface area contributed by atoms with E-state index in [1.807, 2.05) is 14.1 Å². The molecule has 198 valence electrons. The van der Waals surface area contributed by atoms with Crippen molar-refractivity contribution in [1.29, 1.82) is 0 Å². The van der Waals surface area contributed by atoms with E-state index < -0.39 is 0 Å². The molecule has 0 aromatic carbocycles. The van der Waals surface area contributed by atoms with Gasteiger partial charge in [0, 0.05) is 24.2 Å². The molecule has 0 unspecified atom stereocenters. The molecule has 3 saturated carbocycles. The maximum atomic E-state index is 3.36. The lowest BCUT2D eigenvalue weighted by molar-refractivity contribution is 0.288. The number of hydrogen-bond acceptors (Lipinski definition) is 6. The van der Waals surface area contributed by atoms with E-state index in [2.05, 4.69) is 60.1 Å². The van der Waals surface area contributed by atoms with Gasteiger partial charge in [0.15, 0.2) is 0 Å². The van der Waals surface area contributed by atoms with Crippen molar-refractivity contribution >= 4 is 0 Å². The van der Waals surface area contributed by atoms with Crippen LogP contribution in [0.25, 0.3) is 0 Å². The Morgan fingerprint density at radius 3 is 1.06 bits per heavy atom. The lowest BCUT2D eigenvalue weighted by Crippen LogP contribution is -2.37. The molecular weight excluding hydrogens is 408 g/mol. The van der Waals surface area contributed by atoms with E-state index in [9.17, 15) is 0 Å². The SMILES string of the molecule is CNC1CCC(NC)CC1.CNCC1CCC(NC)CC1.CNCCC1CCC(NC)CC1. The molecule has 3 aliphatic carbocycles. The van der Waals surface area contributed by atoms with Crippen LogP contribution in [0.15, 0.2) is 0 Å². The normalized spacial score (nSPS) is 32.2. The summed E-state index contributed by atoms with van der Waals surface area (Å²) in [4.78, 5) is 0. The zero-order valence-corrected chi connectivity index (χ0v) is 23.1. The highest BCUT2D eigenvalue weighted by atomic mass is 14.9. The molecule has 6 N–H and O–H groups in total. The van der Waals surface area contributed by atoms with Crippen molar-refractivity contribution in [3.05, 3.63) is 0 Å². The summed E-state index contributed by atoms with van der Waals surface area (Å²) >= 11 is 0. The molecular formula is C27H60N6. The molecule has 0 heterocycles. The average Bonchev–Trinajstić information content (AvgIpc) is 2.89. The fourth-order valence-electron chi connectivity index (χ4n) is 5.70. The lowest BCUT2D eigenvalue weighted by Gasteiger charge is -2.28. The Kier molecular flexibility index (Phi) is 18.7. The lowest BCUT2D eigenvalue weighted by atomic mass is 9.84. The van der Waals surface area contributed by atoms with Crippen molar-refractivity contribution in [3.8, 4) is 0 Å². The fraction of sp³-hybridized carbons (Fsp3) is 1.00. The predicted octanol–water partition coefficient (Wildman–Crippen LogP) is 3.09. The van der Waals surface area contributed by atoms with Gasteiger partial charge >= 0.3 is 0 Å². The van der Waals surface area contributed by atoms with E-state index in [1.54, 1.807) is 0 Å². The Bertz CT molecular complexity index is 399.